The van der Waals surface area contributed by atoms with Crippen molar-refractivity contribution in [3.05, 3.63) is 35.4 Å². The van der Waals surface area contributed by atoms with Gasteiger partial charge in [0, 0.05) is 18.6 Å². The van der Waals surface area contributed by atoms with Gasteiger partial charge in [-0.2, -0.15) is 0 Å². The normalized spacial score (nSPS) is 23.2. The summed E-state index contributed by atoms with van der Waals surface area (Å²) in [5.41, 5.74) is 2.73. The molecule has 0 saturated carbocycles. The first-order valence-electron chi connectivity index (χ1n) is 8.00. The smallest absolute Gasteiger partial charge is 0.0473 e. The summed E-state index contributed by atoms with van der Waals surface area (Å²) in [6.45, 7) is 11.7. The fraction of sp³-hybridized carbons (Fsp3) is 0.667. The van der Waals surface area contributed by atoms with Crippen LogP contribution < -0.4 is 5.32 Å². The Kier molecular flexibility index (Phi) is 5.22. The number of hydrogen-bond donors (Lipinski definition) is 1. The van der Waals surface area contributed by atoms with Crippen LogP contribution in [-0.2, 0) is 0 Å². The lowest BCUT2D eigenvalue weighted by Crippen LogP contribution is -2.41. The third-order valence-electron chi connectivity index (χ3n) is 5.00. The van der Waals surface area contributed by atoms with Gasteiger partial charge in [-0.05, 0) is 51.3 Å². The zero-order chi connectivity index (χ0) is 14.7. The molecule has 1 heterocycles. The van der Waals surface area contributed by atoms with Gasteiger partial charge in [0.05, 0.1) is 0 Å². The van der Waals surface area contributed by atoms with E-state index < -0.39 is 0 Å². The molecule has 0 spiro atoms. The first-order valence-corrected chi connectivity index (χ1v) is 8.00. The molecule has 0 amide bonds. The molecule has 2 heteroatoms. The molecule has 1 saturated heterocycles. The van der Waals surface area contributed by atoms with Gasteiger partial charge in [0.15, 0.2) is 0 Å². The molecule has 2 nitrogen and oxygen atoms in total. The van der Waals surface area contributed by atoms with E-state index in [4.69, 9.17) is 0 Å². The van der Waals surface area contributed by atoms with E-state index in [-0.39, 0.29) is 0 Å². The minimum Gasteiger partial charge on any atom is -0.312 e. The summed E-state index contributed by atoms with van der Waals surface area (Å²) in [6.07, 6.45) is 1.35. The lowest BCUT2D eigenvalue weighted by molar-refractivity contribution is 0.198. The van der Waals surface area contributed by atoms with Crippen molar-refractivity contribution in [2.24, 2.45) is 11.8 Å². The van der Waals surface area contributed by atoms with E-state index in [1.165, 1.54) is 30.6 Å². The average molecular weight is 274 g/mol. The van der Waals surface area contributed by atoms with Gasteiger partial charge in [-0.1, -0.05) is 43.7 Å². The Morgan fingerprint density at radius 3 is 2.30 bits per heavy atom. The maximum atomic E-state index is 3.52. The highest BCUT2D eigenvalue weighted by molar-refractivity contribution is 5.25. The van der Waals surface area contributed by atoms with Crippen LogP contribution in [0.1, 0.15) is 44.4 Å². The zero-order valence-corrected chi connectivity index (χ0v) is 13.7. The maximum Gasteiger partial charge on any atom is 0.0473 e. The topological polar surface area (TPSA) is 15.3 Å². The van der Waals surface area contributed by atoms with Crippen LogP contribution in [0.3, 0.4) is 0 Å². The van der Waals surface area contributed by atoms with Crippen molar-refractivity contribution in [3.8, 4) is 0 Å². The lowest BCUT2D eigenvalue weighted by atomic mass is 9.95. The van der Waals surface area contributed by atoms with Crippen LogP contribution in [0.2, 0.25) is 0 Å². The lowest BCUT2D eigenvalue weighted by Gasteiger charge is -2.32. The van der Waals surface area contributed by atoms with E-state index in [1.807, 2.05) is 0 Å². The molecule has 112 valence electrons. The minimum absolute atomic E-state index is 0.418. The molecule has 3 atom stereocenters. The standard InChI is InChI=1S/C18H30N2/c1-13(2)17-10-11-20(12-17)15(4)18(19-5)16-8-6-14(3)7-9-16/h6-9,13,15,17-19H,10-12H2,1-5H3. The Balaban J connectivity index is 2.06. The van der Waals surface area contributed by atoms with Crippen LogP contribution in [-0.4, -0.2) is 31.1 Å². The quantitative estimate of drug-likeness (QED) is 0.882. The van der Waals surface area contributed by atoms with Crippen molar-refractivity contribution >= 4 is 0 Å². The van der Waals surface area contributed by atoms with Crippen LogP contribution in [0.15, 0.2) is 24.3 Å². The Hall–Kier alpha value is -0.860. The van der Waals surface area contributed by atoms with E-state index in [9.17, 15) is 0 Å². The Morgan fingerprint density at radius 1 is 1.15 bits per heavy atom. The van der Waals surface area contributed by atoms with Gasteiger partial charge in [-0.3, -0.25) is 4.90 Å². The van der Waals surface area contributed by atoms with Crippen molar-refractivity contribution in [1.82, 2.24) is 10.2 Å². The van der Waals surface area contributed by atoms with Crippen LogP contribution >= 0.6 is 0 Å². The van der Waals surface area contributed by atoms with E-state index in [1.54, 1.807) is 0 Å². The molecule has 0 bridgehead atoms. The van der Waals surface area contributed by atoms with Crippen LogP contribution in [0.4, 0.5) is 0 Å². The molecule has 3 unspecified atom stereocenters. The summed E-state index contributed by atoms with van der Waals surface area (Å²) in [4.78, 5) is 2.66. The van der Waals surface area contributed by atoms with E-state index in [0.717, 1.165) is 11.8 Å². The summed E-state index contributed by atoms with van der Waals surface area (Å²) < 4.78 is 0. The number of nitrogens with zero attached hydrogens (tertiary/aromatic N) is 1. The van der Waals surface area contributed by atoms with Gasteiger partial charge in [-0.25, -0.2) is 0 Å². The largest absolute Gasteiger partial charge is 0.312 e. The van der Waals surface area contributed by atoms with Gasteiger partial charge in [0.2, 0.25) is 0 Å². The molecule has 0 radical (unpaired) electrons. The molecule has 1 aliphatic rings. The molecule has 1 fully saturated rings. The highest BCUT2D eigenvalue weighted by atomic mass is 15.2. The van der Waals surface area contributed by atoms with Gasteiger partial charge >= 0.3 is 0 Å². The molecule has 0 aromatic heterocycles. The summed E-state index contributed by atoms with van der Waals surface area (Å²) in [6, 6.07) is 9.93. The molecule has 1 aromatic carbocycles. The van der Waals surface area contributed by atoms with Gasteiger partial charge in [0.1, 0.15) is 0 Å². The summed E-state index contributed by atoms with van der Waals surface area (Å²) >= 11 is 0. The van der Waals surface area contributed by atoms with Crippen LogP contribution in [0, 0.1) is 18.8 Å². The molecular formula is C18H30N2. The zero-order valence-electron chi connectivity index (χ0n) is 13.7. The third-order valence-corrected chi connectivity index (χ3v) is 5.00. The molecule has 2 rings (SSSR count). The minimum atomic E-state index is 0.418. The molecule has 0 aliphatic carbocycles. The SMILES string of the molecule is CNC(c1ccc(C)cc1)C(C)N1CCC(C(C)C)C1. The van der Waals surface area contributed by atoms with Gasteiger partial charge in [-0.15, -0.1) is 0 Å². The molecule has 1 aromatic rings. The maximum absolute atomic E-state index is 3.52. The van der Waals surface area contributed by atoms with Gasteiger partial charge < -0.3 is 5.32 Å². The predicted molar refractivity (Wildman–Crippen MR) is 87.0 cm³/mol. The Labute approximate surface area is 124 Å². The number of likely N-dealkylation sites (tertiary alicyclic amines) is 1. The summed E-state index contributed by atoms with van der Waals surface area (Å²) in [7, 11) is 2.08. The summed E-state index contributed by atoms with van der Waals surface area (Å²) in [5, 5.41) is 3.52. The number of benzene rings is 1. The second kappa shape index (κ2) is 6.73. The van der Waals surface area contributed by atoms with E-state index in [2.05, 4.69) is 69.2 Å². The second-order valence-corrected chi connectivity index (χ2v) is 6.71. The molecular weight excluding hydrogens is 244 g/mol. The van der Waals surface area contributed by atoms with Crippen LogP contribution in [0.5, 0.6) is 0 Å². The number of hydrogen-bond acceptors (Lipinski definition) is 2. The highest BCUT2D eigenvalue weighted by Crippen LogP contribution is 2.29. The van der Waals surface area contributed by atoms with Crippen molar-refractivity contribution in [2.75, 3.05) is 20.1 Å². The fourth-order valence-electron chi connectivity index (χ4n) is 3.40. The van der Waals surface area contributed by atoms with E-state index in [0.29, 0.717) is 12.1 Å². The average Bonchev–Trinajstić information content (AvgIpc) is 2.91. The Bertz CT molecular complexity index is 410. The molecule has 20 heavy (non-hydrogen) atoms. The monoisotopic (exact) mass is 274 g/mol. The first-order chi connectivity index (χ1) is 9.52. The fourth-order valence-corrected chi connectivity index (χ4v) is 3.40. The second-order valence-electron chi connectivity index (χ2n) is 6.71. The first kappa shape index (κ1) is 15.5. The third kappa shape index (κ3) is 3.42. The number of aryl methyl sites for hydroxylation is 1. The number of rotatable bonds is 5. The molecule has 1 aliphatic heterocycles. The predicted octanol–water partition coefficient (Wildman–Crippen LogP) is 3.62. The van der Waals surface area contributed by atoms with Crippen molar-refractivity contribution in [1.29, 1.82) is 0 Å². The van der Waals surface area contributed by atoms with Crippen molar-refractivity contribution in [3.63, 3.8) is 0 Å². The van der Waals surface area contributed by atoms with Crippen molar-refractivity contribution in [2.45, 2.75) is 46.2 Å². The van der Waals surface area contributed by atoms with Crippen molar-refractivity contribution < 1.29 is 0 Å². The molecule has 1 N–H and O–H groups in total. The van der Waals surface area contributed by atoms with E-state index >= 15 is 0 Å². The Morgan fingerprint density at radius 2 is 1.80 bits per heavy atom. The highest BCUT2D eigenvalue weighted by Gasteiger charge is 2.31. The van der Waals surface area contributed by atoms with Gasteiger partial charge in [0.25, 0.3) is 0 Å². The number of nitrogens with one attached hydrogen (secondary N) is 1. The summed E-state index contributed by atoms with van der Waals surface area (Å²) in [5.74, 6) is 1.67. The van der Waals surface area contributed by atoms with Crippen LogP contribution in [0.25, 0.3) is 0 Å². The number of likely N-dealkylation sites (N-methyl/N-ethyl adjacent to an activating group) is 1.